The summed E-state index contributed by atoms with van der Waals surface area (Å²) in [6, 6.07) is 12.2. The number of urea groups is 1. The van der Waals surface area contributed by atoms with Crippen molar-refractivity contribution in [3.05, 3.63) is 70.9 Å². The third-order valence-electron chi connectivity index (χ3n) is 3.78. The van der Waals surface area contributed by atoms with Crippen molar-refractivity contribution in [2.45, 2.75) is 4.90 Å². The summed E-state index contributed by atoms with van der Waals surface area (Å²) in [4.78, 5) is 15.0. The number of nitriles is 1. The summed E-state index contributed by atoms with van der Waals surface area (Å²) in [7, 11) is -4.03. The van der Waals surface area contributed by atoms with Gasteiger partial charge in [0.2, 0.25) is 0 Å². The number of allylic oxidation sites excluding steroid dienone is 1. The number of nitrogens with two attached hydrogens (primary N) is 1. The van der Waals surface area contributed by atoms with Crippen molar-refractivity contribution >= 4 is 38.7 Å². The Kier molecular flexibility index (Phi) is 6.10. The average molecular weight is 443 g/mol. The third kappa shape index (κ3) is 4.99. The van der Waals surface area contributed by atoms with Crippen molar-refractivity contribution in [2.75, 3.05) is 5.32 Å². The normalized spacial score (nSPS) is 11.5. The van der Waals surface area contributed by atoms with Gasteiger partial charge >= 0.3 is 6.03 Å². The molecule has 0 aliphatic heterocycles. The Morgan fingerprint density at radius 1 is 1.17 bits per heavy atom. The summed E-state index contributed by atoms with van der Waals surface area (Å²) in [6.45, 7) is 0. The maximum Gasteiger partial charge on any atom is 0.326 e. The second-order valence-corrected chi connectivity index (χ2v) is 8.39. The molecule has 152 valence electrons. The molecule has 30 heavy (non-hydrogen) atoms. The molecule has 1 aromatic heterocycles. The molecule has 0 aliphatic carbocycles. The first-order chi connectivity index (χ1) is 14.3. The van der Waals surface area contributed by atoms with E-state index in [0.717, 1.165) is 5.56 Å². The van der Waals surface area contributed by atoms with E-state index in [-0.39, 0.29) is 16.3 Å². The highest BCUT2D eigenvalue weighted by atomic mass is 32.2. The molecule has 0 unspecified atom stereocenters. The van der Waals surface area contributed by atoms with Crippen LogP contribution in [0.15, 0.2) is 65.0 Å². The fraction of sp³-hybridized carbons (Fsp3) is 0. The summed E-state index contributed by atoms with van der Waals surface area (Å²) >= 11 is 1.26. The predicted octanol–water partition coefficient (Wildman–Crippen LogP) is 3.28. The number of primary amides is 1. The van der Waals surface area contributed by atoms with Gasteiger partial charge in [-0.05, 0) is 48.5 Å². The Balaban J connectivity index is 1.76. The van der Waals surface area contributed by atoms with Gasteiger partial charge in [0.1, 0.15) is 22.5 Å². The zero-order valence-electron chi connectivity index (χ0n) is 15.2. The Morgan fingerprint density at radius 2 is 1.83 bits per heavy atom. The Labute approximate surface area is 175 Å². The van der Waals surface area contributed by atoms with E-state index in [9.17, 15) is 22.9 Å². The first-order valence-electron chi connectivity index (χ1n) is 8.29. The topological polar surface area (TPSA) is 138 Å². The zero-order chi connectivity index (χ0) is 21.7. The Morgan fingerprint density at radius 3 is 2.43 bits per heavy atom. The minimum absolute atomic E-state index is 0.139. The number of benzene rings is 2. The van der Waals surface area contributed by atoms with Crippen LogP contribution in [0, 0.1) is 17.1 Å². The highest BCUT2D eigenvalue weighted by molar-refractivity contribution is 7.90. The van der Waals surface area contributed by atoms with Gasteiger partial charge in [-0.1, -0.05) is 0 Å². The number of hydrogen-bond acceptors (Lipinski definition) is 7. The van der Waals surface area contributed by atoms with Crippen LogP contribution in [0.4, 0.5) is 14.9 Å². The molecule has 0 aliphatic rings. The number of anilines is 1. The van der Waals surface area contributed by atoms with E-state index in [1.807, 2.05) is 6.07 Å². The second kappa shape index (κ2) is 8.73. The molecule has 4 N–H and O–H groups in total. The van der Waals surface area contributed by atoms with E-state index in [1.54, 1.807) is 22.2 Å². The molecule has 2 amide bonds. The number of aromatic nitrogens is 1. The van der Waals surface area contributed by atoms with Crippen LogP contribution in [0.3, 0.4) is 0 Å². The standard InChI is InChI=1S/C19H14FN5O3S2/c20-14-3-1-12(2-4-14)17-11-29-18(24-17)13(9-21)10-23-15-5-7-16(8-6-15)30(27,28)25-19(22)26/h1-8,10-11,23H,(H3,22,25,26). The fourth-order valence-electron chi connectivity index (χ4n) is 2.37. The molecular formula is C19H14FN5O3S2. The lowest BCUT2D eigenvalue weighted by Crippen LogP contribution is -2.34. The summed E-state index contributed by atoms with van der Waals surface area (Å²) < 4.78 is 38.5. The molecule has 11 heteroatoms. The molecule has 0 radical (unpaired) electrons. The van der Waals surface area contributed by atoms with E-state index in [4.69, 9.17) is 5.73 Å². The smallest absolute Gasteiger partial charge is 0.326 e. The number of sulfonamides is 1. The SMILES string of the molecule is N#CC(=CNc1ccc(S(=O)(=O)NC(N)=O)cc1)c1nc(-c2ccc(F)cc2)cs1. The molecule has 0 saturated carbocycles. The molecule has 0 saturated heterocycles. The van der Waals surface area contributed by atoms with Gasteiger partial charge in [0.15, 0.2) is 0 Å². The van der Waals surface area contributed by atoms with Gasteiger partial charge in [0, 0.05) is 22.8 Å². The van der Waals surface area contributed by atoms with Crippen molar-refractivity contribution in [1.82, 2.24) is 9.71 Å². The monoisotopic (exact) mass is 443 g/mol. The van der Waals surface area contributed by atoms with Crippen LogP contribution >= 0.6 is 11.3 Å². The lowest BCUT2D eigenvalue weighted by atomic mass is 10.2. The van der Waals surface area contributed by atoms with Gasteiger partial charge in [0.25, 0.3) is 10.0 Å². The van der Waals surface area contributed by atoms with Gasteiger partial charge in [-0.25, -0.2) is 27.3 Å². The highest BCUT2D eigenvalue weighted by Gasteiger charge is 2.15. The Bertz CT molecular complexity index is 1240. The van der Waals surface area contributed by atoms with E-state index in [0.29, 0.717) is 16.4 Å². The third-order valence-corrected chi connectivity index (χ3v) is 6.02. The van der Waals surface area contributed by atoms with Crippen LogP contribution in [0.5, 0.6) is 0 Å². The van der Waals surface area contributed by atoms with Crippen molar-refractivity contribution in [2.24, 2.45) is 5.73 Å². The number of nitrogens with zero attached hydrogens (tertiary/aromatic N) is 2. The van der Waals surface area contributed by atoms with Crippen LogP contribution in [0.2, 0.25) is 0 Å². The molecule has 0 atom stereocenters. The number of amides is 2. The van der Waals surface area contributed by atoms with E-state index in [2.05, 4.69) is 10.3 Å². The summed E-state index contributed by atoms with van der Waals surface area (Å²) in [6.07, 6.45) is 1.44. The molecule has 1 heterocycles. The summed E-state index contributed by atoms with van der Waals surface area (Å²) in [5.74, 6) is -0.347. The molecule has 0 spiro atoms. The number of halogens is 1. The maximum absolute atomic E-state index is 13.1. The molecule has 0 bridgehead atoms. The first kappa shape index (κ1) is 21.0. The molecule has 3 rings (SSSR count). The number of rotatable bonds is 6. The highest BCUT2D eigenvalue weighted by Crippen LogP contribution is 2.26. The minimum atomic E-state index is -4.03. The van der Waals surface area contributed by atoms with Gasteiger partial charge in [-0.3, -0.25) is 0 Å². The maximum atomic E-state index is 13.1. The van der Waals surface area contributed by atoms with Gasteiger partial charge in [-0.2, -0.15) is 5.26 Å². The van der Waals surface area contributed by atoms with Crippen molar-refractivity contribution in [1.29, 1.82) is 5.26 Å². The Hall–Kier alpha value is -3.75. The molecule has 8 nitrogen and oxygen atoms in total. The van der Waals surface area contributed by atoms with E-state index >= 15 is 0 Å². The number of carbonyl (C=O) groups excluding carboxylic acids is 1. The number of nitrogens with one attached hydrogen (secondary N) is 2. The van der Waals surface area contributed by atoms with Crippen LogP contribution in [-0.4, -0.2) is 19.4 Å². The van der Waals surface area contributed by atoms with Gasteiger partial charge in [-0.15, -0.1) is 11.3 Å². The minimum Gasteiger partial charge on any atom is -0.360 e. The van der Waals surface area contributed by atoms with Crippen molar-refractivity contribution in [3.8, 4) is 17.3 Å². The quantitative estimate of drug-likeness (QED) is 0.500. The second-order valence-electron chi connectivity index (χ2n) is 5.85. The molecule has 3 aromatic rings. The first-order valence-corrected chi connectivity index (χ1v) is 10.7. The number of carbonyl (C=O) groups is 1. The van der Waals surface area contributed by atoms with Crippen LogP contribution in [0.1, 0.15) is 5.01 Å². The molecule has 2 aromatic carbocycles. The van der Waals surface area contributed by atoms with E-state index in [1.165, 1.54) is 53.9 Å². The van der Waals surface area contributed by atoms with Crippen LogP contribution in [-0.2, 0) is 10.0 Å². The van der Waals surface area contributed by atoms with Crippen molar-refractivity contribution in [3.63, 3.8) is 0 Å². The van der Waals surface area contributed by atoms with Crippen LogP contribution in [0.25, 0.3) is 16.8 Å². The molecular weight excluding hydrogens is 429 g/mol. The van der Waals surface area contributed by atoms with Crippen LogP contribution < -0.4 is 15.8 Å². The van der Waals surface area contributed by atoms with Crippen molar-refractivity contribution < 1.29 is 17.6 Å². The fourth-order valence-corrected chi connectivity index (χ4v) is 4.04. The predicted molar refractivity (Wildman–Crippen MR) is 111 cm³/mol. The lowest BCUT2D eigenvalue weighted by molar-refractivity contribution is 0.253. The average Bonchev–Trinajstić information content (AvgIpc) is 3.18. The van der Waals surface area contributed by atoms with Gasteiger partial charge < -0.3 is 11.1 Å². The zero-order valence-corrected chi connectivity index (χ0v) is 16.8. The summed E-state index contributed by atoms with van der Waals surface area (Å²) in [5.41, 5.74) is 6.96. The van der Waals surface area contributed by atoms with Gasteiger partial charge in [0.05, 0.1) is 10.6 Å². The number of hydrogen-bond donors (Lipinski definition) is 3. The van der Waals surface area contributed by atoms with E-state index < -0.39 is 16.1 Å². The summed E-state index contributed by atoms with van der Waals surface area (Å²) in [5, 5.41) is 14.6. The number of thiazole rings is 1. The lowest BCUT2D eigenvalue weighted by Gasteiger charge is -2.06. The largest absolute Gasteiger partial charge is 0.360 e. The molecule has 0 fully saturated rings.